The summed E-state index contributed by atoms with van der Waals surface area (Å²) in [4.78, 5) is 2.40. The van der Waals surface area contributed by atoms with E-state index >= 15 is 0 Å². The molecule has 1 rings (SSSR count). The summed E-state index contributed by atoms with van der Waals surface area (Å²) < 4.78 is 0. The SMILES string of the molecule is CCCCN(CC1CCCN1)C[C@H](C)O. The summed E-state index contributed by atoms with van der Waals surface area (Å²) in [5.41, 5.74) is 0. The largest absolute Gasteiger partial charge is 0.392 e. The number of rotatable bonds is 7. The number of nitrogens with zero attached hydrogens (tertiary/aromatic N) is 1. The first kappa shape index (κ1) is 12.9. The standard InChI is InChI=1S/C12H26N2O/c1-3-4-8-14(9-11(2)15)10-12-6-5-7-13-12/h11-13,15H,3-10H2,1-2H3/t11-,12?/m0/s1. The fraction of sp³-hybridized carbons (Fsp3) is 1.00. The normalized spacial score (nSPS) is 23.6. The van der Waals surface area contributed by atoms with Gasteiger partial charge in [0.15, 0.2) is 0 Å². The molecule has 3 heteroatoms. The van der Waals surface area contributed by atoms with Crippen LogP contribution in [0.2, 0.25) is 0 Å². The lowest BCUT2D eigenvalue weighted by atomic mass is 10.2. The molecule has 1 heterocycles. The van der Waals surface area contributed by atoms with Gasteiger partial charge in [0.1, 0.15) is 0 Å². The van der Waals surface area contributed by atoms with E-state index in [0.717, 1.165) is 19.6 Å². The van der Waals surface area contributed by atoms with Crippen LogP contribution in [0.15, 0.2) is 0 Å². The molecule has 1 saturated heterocycles. The van der Waals surface area contributed by atoms with Gasteiger partial charge in [-0.1, -0.05) is 13.3 Å². The van der Waals surface area contributed by atoms with Crippen molar-refractivity contribution in [3.63, 3.8) is 0 Å². The number of hydrogen-bond acceptors (Lipinski definition) is 3. The van der Waals surface area contributed by atoms with Crippen LogP contribution in [0, 0.1) is 0 Å². The maximum Gasteiger partial charge on any atom is 0.0639 e. The number of nitrogens with one attached hydrogen (secondary N) is 1. The molecule has 0 bridgehead atoms. The molecule has 0 aromatic carbocycles. The van der Waals surface area contributed by atoms with Crippen molar-refractivity contribution in [3.8, 4) is 0 Å². The number of unbranched alkanes of at least 4 members (excludes halogenated alkanes) is 1. The molecular weight excluding hydrogens is 188 g/mol. The lowest BCUT2D eigenvalue weighted by Gasteiger charge is -2.26. The van der Waals surface area contributed by atoms with Crippen LogP contribution in [-0.4, -0.2) is 48.3 Å². The van der Waals surface area contributed by atoms with Gasteiger partial charge in [-0.25, -0.2) is 0 Å². The second-order valence-electron chi connectivity index (χ2n) is 4.76. The van der Waals surface area contributed by atoms with Crippen LogP contribution in [0.4, 0.5) is 0 Å². The molecule has 1 fully saturated rings. The molecule has 1 aliphatic heterocycles. The Labute approximate surface area is 93.9 Å². The minimum absolute atomic E-state index is 0.205. The Hall–Kier alpha value is -0.120. The average Bonchev–Trinajstić information content (AvgIpc) is 2.66. The van der Waals surface area contributed by atoms with Crippen LogP contribution in [0.1, 0.15) is 39.5 Å². The molecule has 0 saturated carbocycles. The fourth-order valence-electron chi connectivity index (χ4n) is 2.24. The molecule has 1 aliphatic rings. The van der Waals surface area contributed by atoms with Crippen molar-refractivity contribution in [1.82, 2.24) is 10.2 Å². The van der Waals surface area contributed by atoms with Crippen molar-refractivity contribution in [2.24, 2.45) is 0 Å². The zero-order valence-corrected chi connectivity index (χ0v) is 10.2. The lowest BCUT2D eigenvalue weighted by Crippen LogP contribution is -2.41. The van der Waals surface area contributed by atoms with Crippen molar-refractivity contribution >= 4 is 0 Å². The van der Waals surface area contributed by atoms with Gasteiger partial charge in [0.05, 0.1) is 6.10 Å². The Kier molecular flexibility index (Phi) is 6.22. The van der Waals surface area contributed by atoms with Gasteiger partial charge in [0.2, 0.25) is 0 Å². The first-order valence-electron chi connectivity index (χ1n) is 6.36. The van der Waals surface area contributed by atoms with Gasteiger partial charge in [0.25, 0.3) is 0 Å². The van der Waals surface area contributed by atoms with E-state index in [-0.39, 0.29) is 6.10 Å². The quantitative estimate of drug-likeness (QED) is 0.669. The molecule has 0 amide bonds. The molecule has 0 aromatic rings. The average molecular weight is 214 g/mol. The van der Waals surface area contributed by atoms with Crippen LogP contribution < -0.4 is 5.32 Å². The van der Waals surface area contributed by atoms with E-state index < -0.39 is 0 Å². The van der Waals surface area contributed by atoms with E-state index in [0.29, 0.717) is 6.04 Å². The predicted octanol–water partition coefficient (Wildman–Crippen LogP) is 1.22. The monoisotopic (exact) mass is 214 g/mol. The maximum absolute atomic E-state index is 9.43. The highest BCUT2D eigenvalue weighted by atomic mass is 16.3. The summed E-state index contributed by atoms with van der Waals surface area (Å²) in [5.74, 6) is 0. The number of aliphatic hydroxyl groups excluding tert-OH is 1. The van der Waals surface area contributed by atoms with Crippen molar-refractivity contribution < 1.29 is 5.11 Å². The highest BCUT2D eigenvalue weighted by Gasteiger charge is 2.18. The molecule has 1 unspecified atom stereocenters. The number of aliphatic hydroxyl groups is 1. The first-order chi connectivity index (χ1) is 7.22. The van der Waals surface area contributed by atoms with E-state index in [4.69, 9.17) is 0 Å². The van der Waals surface area contributed by atoms with E-state index in [1.165, 1.54) is 32.2 Å². The smallest absolute Gasteiger partial charge is 0.0639 e. The summed E-state index contributed by atoms with van der Waals surface area (Å²) in [6.07, 6.45) is 4.86. The van der Waals surface area contributed by atoms with Gasteiger partial charge in [-0.2, -0.15) is 0 Å². The summed E-state index contributed by atoms with van der Waals surface area (Å²) in [6.45, 7) is 8.30. The second kappa shape index (κ2) is 7.20. The van der Waals surface area contributed by atoms with Crippen molar-refractivity contribution in [3.05, 3.63) is 0 Å². The summed E-state index contributed by atoms with van der Waals surface area (Å²) in [7, 11) is 0. The Balaban J connectivity index is 2.26. The molecular formula is C12H26N2O. The molecule has 2 atom stereocenters. The molecule has 0 aliphatic carbocycles. The molecule has 15 heavy (non-hydrogen) atoms. The van der Waals surface area contributed by atoms with E-state index in [2.05, 4.69) is 17.1 Å². The van der Waals surface area contributed by atoms with E-state index in [1.807, 2.05) is 6.92 Å². The fourth-order valence-corrected chi connectivity index (χ4v) is 2.24. The van der Waals surface area contributed by atoms with Gasteiger partial charge in [-0.15, -0.1) is 0 Å². The van der Waals surface area contributed by atoms with Gasteiger partial charge in [-0.05, 0) is 39.3 Å². The minimum Gasteiger partial charge on any atom is -0.392 e. The third-order valence-corrected chi connectivity index (χ3v) is 2.99. The molecule has 2 N–H and O–H groups in total. The summed E-state index contributed by atoms with van der Waals surface area (Å²) in [5, 5.41) is 12.9. The van der Waals surface area contributed by atoms with Gasteiger partial charge < -0.3 is 10.4 Å². The van der Waals surface area contributed by atoms with E-state index in [9.17, 15) is 5.11 Å². The van der Waals surface area contributed by atoms with Crippen LogP contribution in [0.25, 0.3) is 0 Å². The summed E-state index contributed by atoms with van der Waals surface area (Å²) >= 11 is 0. The highest BCUT2D eigenvalue weighted by molar-refractivity contribution is 4.78. The highest BCUT2D eigenvalue weighted by Crippen LogP contribution is 2.08. The lowest BCUT2D eigenvalue weighted by molar-refractivity contribution is 0.120. The van der Waals surface area contributed by atoms with Gasteiger partial charge in [-0.3, -0.25) is 4.90 Å². The van der Waals surface area contributed by atoms with Crippen LogP contribution in [0.3, 0.4) is 0 Å². The first-order valence-corrected chi connectivity index (χ1v) is 6.36. The van der Waals surface area contributed by atoms with Crippen LogP contribution in [-0.2, 0) is 0 Å². The molecule has 3 nitrogen and oxygen atoms in total. The van der Waals surface area contributed by atoms with Crippen molar-refractivity contribution in [2.75, 3.05) is 26.2 Å². The van der Waals surface area contributed by atoms with Crippen molar-refractivity contribution in [2.45, 2.75) is 51.7 Å². The van der Waals surface area contributed by atoms with Gasteiger partial charge in [0, 0.05) is 19.1 Å². The van der Waals surface area contributed by atoms with Crippen LogP contribution in [0.5, 0.6) is 0 Å². The Morgan fingerprint density at radius 3 is 2.87 bits per heavy atom. The molecule has 0 radical (unpaired) electrons. The van der Waals surface area contributed by atoms with Gasteiger partial charge >= 0.3 is 0 Å². The maximum atomic E-state index is 9.43. The Bertz CT molecular complexity index is 156. The van der Waals surface area contributed by atoms with Crippen LogP contribution >= 0.6 is 0 Å². The second-order valence-corrected chi connectivity index (χ2v) is 4.76. The summed E-state index contributed by atoms with van der Waals surface area (Å²) in [6, 6.07) is 0.653. The third-order valence-electron chi connectivity index (χ3n) is 2.99. The Morgan fingerprint density at radius 2 is 2.33 bits per heavy atom. The Morgan fingerprint density at radius 1 is 1.53 bits per heavy atom. The van der Waals surface area contributed by atoms with E-state index in [1.54, 1.807) is 0 Å². The molecule has 0 spiro atoms. The minimum atomic E-state index is -0.205. The third kappa shape index (κ3) is 5.50. The molecule has 0 aromatic heterocycles. The zero-order chi connectivity index (χ0) is 11.1. The zero-order valence-electron chi connectivity index (χ0n) is 10.2. The van der Waals surface area contributed by atoms with Crippen molar-refractivity contribution in [1.29, 1.82) is 0 Å². The molecule has 90 valence electrons. The topological polar surface area (TPSA) is 35.5 Å². The predicted molar refractivity (Wildman–Crippen MR) is 64.1 cm³/mol. The number of hydrogen-bond donors (Lipinski definition) is 2.